The minimum absolute atomic E-state index is 0.590. The smallest absolute Gasteiger partial charge is 0.267 e. The van der Waals surface area contributed by atoms with Gasteiger partial charge in [-0.05, 0) is 0 Å². The number of rotatable bonds is 1. The molecule has 0 unspecified atom stereocenters. The van der Waals surface area contributed by atoms with Crippen LogP contribution in [0.5, 0.6) is 0 Å². The molecule has 1 aliphatic heterocycles. The fourth-order valence-corrected chi connectivity index (χ4v) is 0.344. The van der Waals surface area contributed by atoms with Crippen LogP contribution in [0.2, 0.25) is 0 Å². The number of halogens is 1. The van der Waals surface area contributed by atoms with Gasteiger partial charge in [-0.2, -0.15) is 0 Å². The predicted octanol–water partition coefficient (Wildman–Crippen LogP) is 0.800. The normalized spacial score (nSPS) is 19.0. The maximum Gasteiger partial charge on any atom is 0.267 e. The van der Waals surface area contributed by atoms with Crippen LogP contribution < -0.4 is 0 Å². The van der Waals surface area contributed by atoms with Gasteiger partial charge in [0.1, 0.15) is 12.5 Å². The van der Waals surface area contributed by atoms with Crippen molar-refractivity contribution in [1.82, 2.24) is 0 Å². The molecule has 1 aliphatic rings. The Bertz CT molecular complexity index is 73.8. The van der Waals surface area contributed by atoms with Crippen LogP contribution in [0.25, 0.3) is 0 Å². The third-order valence-corrected chi connectivity index (χ3v) is 0.642. The van der Waals surface area contributed by atoms with E-state index in [9.17, 15) is 4.39 Å². The molecule has 0 aromatic heterocycles. The van der Waals surface area contributed by atoms with Crippen LogP contribution in [0.1, 0.15) is 0 Å². The number of ether oxygens (including phenoxy) is 2. The van der Waals surface area contributed by atoms with Gasteiger partial charge in [0, 0.05) is 0 Å². The molecule has 0 aliphatic carbocycles. The SMILES string of the molecule is FCC1OC=CO1. The van der Waals surface area contributed by atoms with Crippen LogP contribution >= 0.6 is 0 Å². The first kappa shape index (κ1) is 4.43. The lowest BCUT2D eigenvalue weighted by molar-refractivity contribution is -0.0381. The molecule has 7 heavy (non-hydrogen) atoms. The lowest BCUT2D eigenvalue weighted by atomic mass is 10.7. The van der Waals surface area contributed by atoms with Gasteiger partial charge < -0.3 is 9.47 Å². The van der Waals surface area contributed by atoms with Crippen molar-refractivity contribution in [1.29, 1.82) is 0 Å². The van der Waals surface area contributed by atoms with Crippen molar-refractivity contribution in [2.75, 3.05) is 6.67 Å². The Labute approximate surface area is 40.5 Å². The van der Waals surface area contributed by atoms with Crippen LogP contribution in [0.15, 0.2) is 12.5 Å². The zero-order valence-electron chi connectivity index (χ0n) is 3.63. The molecule has 0 aromatic carbocycles. The van der Waals surface area contributed by atoms with Gasteiger partial charge in [0.2, 0.25) is 0 Å². The summed E-state index contributed by atoms with van der Waals surface area (Å²) in [5.74, 6) is 0. The van der Waals surface area contributed by atoms with Crippen molar-refractivity contribution in [2.24, 2.45) is 0 Å². The highest BCUT2D eigenvalue weighted by molar-refractivity contribution is 4.69. The largest absolute Gasteiger partial charge is 0.457 e. The molecule has 2 nitrogen and oxygen atoms in total. The van der Waals surface area contributed by atoms with Crippen LogP contribution in [0.4, 0.5) is 4.39 Å². The van der Waals surface area contributed by atoms with E-state index in [0.29, 0.717) is 0 Å². The van der Waals surface area contributed by atoms with Gasteiger partial charge >= 0.3 is 0 Å². The molecule has 1 rings (SSSR count). The zero-order chi connectivity index (χ0) is 5.11. The molecule has 40 valence electrons. The number of alkyl halides is 1. The lowest BCUT2D eigenvalue weighted by Gasteiger charge is -2.01. The monoisotopic (exact) mass is 104 g/mol. The molecule has 0 amide bonds. The van der Waals surface area contributed by atoms with Crippen molar-refractivity contribution in [3.8, 4) is 0 Å². The Kier molecular flexibility index (Phi) is 1.15. The standard InChI is InChI=1S/C4H5FO2/c5-3-4-6-1-2-7-4/h1-2,4H,3H2. The average Bonchev–Trinajstić information content (AvgIpc) is 2.14. The second kappa shape index (κ2) is 1.82. The third kappa shape index (κ3) is 0.824. The van der Waals surface area contributed by atoms with E-state index in [4.69, 9.17) is 0 Å². The predicted molar refractivity (Wildman–Crippen MR) is 21.1 cm³/mol. The first-order valence-electron chi connectivity index (χ1n) is 1.95. The summed E-state index contributed by atoms with van der Waals surface area (Å²) in [4.78, 5) is 0. The highest BCUT2D eigenvalue weighted by atomic mass is 19.1. The topological polar surface area (TPSA) is 18.5 Å². The summed E-state index contributed by atoms with van der Waals surface area (Å²) in [6.07, 6.45) is 1.97. The van der Waals surface area contributed by atoms with Gasteiger partial charge in [0.05, 0.1) is 0 Å². The summed E-state index contributed by atoms with van der Waals surface area (Å²) in [6.45, 7) is -0.590. The van der Waals surface area contributed by atoms with E-state index in [-0.39, 0.29) is 0 Å². The van der Waals surface area contributed by atoms with Gasteiger partial charge in [0.25, 0.3) is 6.29 Å². The Morgan fingerprint density at radius 3 is 2.29 bits per heavy atom. The van der Waals surface area contributed by atoms with E-state index in [0.717, 1.165) is 0 Å². The van der Waals surface area contributed by atoms with Gasteiger partial charge in [-0.3, -0.25) is 0 Å². The van der Waals surface area contributed by atoms with E-state index in [2.05, 4.69) is 9.47 Å². The van der Waals surface area contributed by atoms with Crippen molar-refractivity contribution >= 4 is 0 Å². The van der Waals surface area contributed by atoms with Crippen LogP contribution in [0.3, 0.4) is 0 Å². The molecular weight excluding hydrogens is 99.0 g/mol. The molecule has 0 saturated heterocycles. The minimum atomic E-state index is -0.681. The van der Waals surface area contributed by atoms with Gasteiger partial charge in [-0.25, -0.2) is 4.39 Å². The summed E-state index contributed by atoms with van der Waals surface area (Å²) in [7, 11) is 0. The first-order chi connectivity index (χ1) is 3.43. The molecule has 0 N–H and O–H groups in total. The minimum Gasteiger partial charge on any atom is -0.457 e. The first-order valence-corrected chi connectivity index (χ1v) is 1.95. The molecule has 1 heterocycles. The fourth-order valence-electron chi connectivity index (χ4n) is 0.344. The van der Waals surface area contributed by atoms with Gasteiger partial charge in [-0.1, -0.05) is 0 Å². The highest BCUT2D eigenvalue weighted by Crippen LogP contribution is 2.03. The summed E-state index contributed by atoms with van der Waals surface area (Å²) >= 11 is 0. The Balaban J connectivity index is 2.22. The Morgan fingerprint density at radius 2 is 2.00 bits per heavy atom. The summed E-state index contributed by atoms with van der Waals surface area (Å²) < 4.78 is 20.5. The Hall–Kier alpha value is -0.730. The molecule has 3 heteroatoms. The van der Waals surface area contributed by atoms with E-state index in [1.807, 2.05) is 0 Å². The second-order valence-corrected chi connectivity index (χ2v) is 1.13. The molecule has 0 atom stereocenters. The van der Waals surface area contributed by atoms with Crippen LogP contribution in [-0.2, 0) is 9.47 Å². The van der Waals surface area contributed by atoms with Gasteiger partial charge in [0.15, 0.2) is 6.67 Å². The van der Waals surface area contributed by atoms with Gasteiger partial charge in [-0.15, -0.1) is 0 Å². The average molecular weight is 104 g/mol. The molecule has 0 aromatic rings. The second-order valence-electron chi connectivity index (χ2n) is 1.13. The van der Waals surface area contributed by atoms with E-state index < -0.39 is 13.0 Å². The molecule has 0 bridgehead atoms. The maximum absolute atomic E-state index is 11.4. The number of hydrogen-bond acceptors (Lipinski definition) is 2. The third-order valence-electron chi connectivity index (χ3n) is 0.642. The van der Waals surface area contributed by atoms with Crippen molar-refractivity contribution in [3.05, 3.63) is 12.5 Å². The Morgan fingerprint density at radius 1 is 1.43 bits per heavy atom. The maximum atomic E-state index is 11.4. The zero-order valence-corrected chi connectivity index (χ0v) is 3.63. The molecule has 0 fully saturated rings. The molecule has 0 radical (unpaired) electrons. The molecular formula is C4H5FO2. The van der Waals surface area contributed by atoms with Crippen LogP contribution in [-0.4, -0.2) is 13.0 Å². The summed E-state index contributed by atoms with van der Waals surface area (Å²) in [6, 6.07) is 0. The fraction of sp³-hybridized carbons (Fsp3) is 0.500. The van der Waals surface area contributed by atoms with Crippen molar-refractivity contribution in [2.45, 2.75) is 6.29 Å². The molecule has 0 saturated carbocycles. The van der Waals surface area contributed by atoms with E-state index >= 15 is 0 Å². The quantitative estimate of drug-likeness (QED) is 0.490. The summed E-state index contributed by atoms with van der Waals surface area (Å²) in [5.41, 5.74) is 0. The highest BCUT2D eigenvalue weighted by Gasteiger charge is 2.09. The van der Waals surface area contributed by atoms with Crippen molar-refractivity contribution in [3.63, 3.8) is 0 Å². The van der Waals surface area contributed by atoms with Crippen molar-refractivity contribution < 1.29 is 13.9 Å². The summed E-state index contributed by atoms with van der Waals surface area (Å²) in [5, 5.41) is 0. The van der Waals surface area contributed by atoms with E-state index in [1.165, 1.54) is 12.5 Å². The number of hydrogen-bond donors (Lipinski definition) is 0. The molecule has 0 spiro atoms. The van der Waals surface area contributed by atoms with E-state index in [1.54, 1.807) is 0 Å². The lowest BCUT2D eigenvalue weighted by Crippen LogP contribution is -2.08. The van der Waals surface area contributed by atoms with Crippen LogP contribution in [0, 0.1) is 0 Å².